The maximum atomic E-state index is 13.8. The monoisotopic (exact) mass is 654 g/mol. The first kappa shape index (κ1) is 33.3. The molecule has 3 heterocycles. The van der Waals surface area contributed by atoms with Gasteiger partial charge >= 0.3 is 12.2 Å². The molecule has 47 heavy (non-hydrogen) atoms. The van der Waals surface area contributed by atoms with Crippen LogP contribution in [0.3, 0.4) is 0 Å². The van der Waals surface area contributed by atoms with Crippen molar-refractivity contribution < 1.29 is 32.2 Å². The van der Waals surface area contributed by atoms with Crippen LogP contribution in [0.15, 0.2) is 49.2 Å². The standard InChI is InChI=1S/C32H37F3N8O4/c1-7-28(44)37-23-15-24(27(46-6)16-25(23)41(5)12-11-40(3)4)38-30-36-17-21-18-42(19(2)32(33,34)35)31(45)43(29(21)39-30)22-8-9-26-20(14-22)10-13-47-26/h7-9,14-17,19H,1,10-13,18H2,2-6H3,(H,37,44)(H,36,38,39)/t19-/m0/s1. The van der Waals surface area contributed by atoms with E-state index in [-0.39, 0.29) is 18.3 Å². The van der Waals surface area contributed by atoms with Crippen molar-refractivity contribution in [3.05, 3.63) is 60.3 Å². The van der Waals surface area contributed by atoms with Gasteiger partial charge in [-0.3, -0.25) is 4.79 Å². The number of rotatable bonds is 11. The lowest BCUT2D eigenvalue weighted by atomic mass is 10.1. The molecule has 250 valence electrons. The number of anilines is 6. The second kappa shape index (κ2) is 13.4. The predicted molar refractivity (Wildman–Crippen MR) is 173 cm³/mol. The van der Waals surface area contributed by atoms with Crippen LogP contribution in [0.1, 0.15) is 18.1 Å². The summed E-state index contributed by atoms with van der Waals surface area (Å²) in [5.74, 6) is 0.838. The number of fused-ring (bicyclic) bond motifs is 2. The molecule has 2 aliphatic rings. The molecule has 15 heteroatoms. The summed E-state index contributed by atoms with van der Waals surface area (Å²) in [6, 6.07) is 5.54. The Balaban J connectivity index is 1.56. The van der Waals surface area contributed by atoms with E-state index < -0.39 is 24.2 Å². The maximum absolute atomic E-state index is 13.8. The van der Waals surface area contributed by atoms with E-state index in [9.17, 15) is 22.8 Å². The number of hydrogen-bond donors (Lipinski definition) is 2. The fraction of sp³-hybridized carbons (Fsp3) is 0.375. The van der Waals surface area contributed by atoms with Gasteiger partial charge < -0.3 is 34.8 Å². The summed E-state index contributed by atoms with van der Waals surface area (Å²) in [4.78, 5) is 41.1. The molecule has 0 spiro atoms. The summed E-state index contributed by atoms with van der Waals surface area (Å²) >= 11 is 0. The minimum atomic E-state index is -4.64. The fourth-order valence-corrected chi connectivity index (χ4v) is 5.28. The second-order valence-corrected chi connectivity index (χ2v) is 11.5. The van der Waals surface area contributed by atoms with Gasteiger partial charge in [0, 0.05) is 44.4 Å². The lowest BCUT2D eigenvalue weighted by molar-refractivity contribution is -0.172. The molecule has 2 aromatic carbocycles. The summed E-state index contributed by atoms with van der Waals surface area (Å²) < 4.78 is 52.8. The van der Waals surface area contributed by atoms with Crippen LogP contribution in [0.25, 0.3) is 0 Å². The third kappa shape index (κ3) is 7.04. The number of ether oxygens (including phenoxy) is 2. The number of nitrogens with one attached hydrogen (secondary N) is 2. The number of carbonyl (C=O) groups excluding carboxylic acids is 2. The normalized spacial score (nSPS) is 14.7. The highest BCUT2D eigenvalue weighted by Crippen LogP contribution is 2.41. The second-order valence-electron chi connectivity index (χ2n) is 11.5. The van der Waals surface area contributed by atoms with Crippen molar-refractivity contribution >= 4 is 46.5 Å². The number of likely N-dealkylation sites (N-methyl/N-ethyl adjacent to an activating group) is 2. The van der Waals surface area contributed by atoms with Crippen molar-refractivity contribution in [3.63, 3.8) is 0 Å². The Labute approximate surface area is 270 Å². The van der Waals surface area contributed by atoms with E-state index in [1.165, 1.54) is 18.2 Å². The average molecular weight is 655 g/mol. The molecule has 1 atom stereocenters. The summed E-state index contributed by atoms with van der Waals surface area (Å²) in [5.41, 5.74) is 3.05. The number of benzene rings is 2. The number of alkyl halides is 3. The van der Waals surface area contributed by atoms with Crippen molar-refractivity contribution in [3.8, 4) is 11.5 Å². The Morgan fingerprint density at radius 3 is 2.62 bits per heavy atom. The van der Waals surface area contributed by atoms with Gasteiger partial charge in [-0.05, 0) is 56.9 Å². The smallest absolute Gasteiger partial charge is 0.408 e. The molecule has 3 aromatic rings. The number of methoxy groups -OCH3 is 1. The Morgan fingerprint density at radius 1 is 1.17 bits per heavy atom. The number of aromatic nitrogens is 2. The van der Waals surface area contributed by atoms with E-state index in [1.54, 1.807) is 30.3 Å². The van der Waals surface area contributed by atoms with Gasteiger partial charge in [-0.1, -0.05) is 6.58 Å². The zero-order valence-electron chi connectivity index (χ0n) is 26.8. The van der Waals surface area contributed by atoms with Crippen LogP contribution in [0, 0.1) is 0 Å². The number of urea groups is 1. The third-order valence-corrected chi connectivity index (χ3v) is 8.01. The molecule has 2 N–H and O–H groups in total. The molecule has 0 saturated heterocycles. The third-order valence-electron chi connectivity index (χ3n) is 8.01. The highest BCUT2D eigenvalue weighted by molar-refractivity contribution is 6.03. The van der Waals surface area contributed by atoms with E-state index in [2.05, 4.69) is 27.2 Å². The molecule has 12 nitrogen and oxygen atoms in total. The molecule has 3 amide bonds. The molecular weight excluding hydrogens is 617 g/mol. The Kier molecular flexibility index (Phi) is 9.47. The van der Waals surface area contributed by atoms with Crippen molar-refractivity contribution in [1.29, 1.82) is 0 Å². The molecule has 5 rings (SSSR count). The van der Waals surface area contributed by atoms with Gasteiger partial charge in [-0.25, -0.2) is 14.7 Å². The first-order valence-electron chi connectivity index (χ1n) is 14.9. The van der Waals surface area contributed by atoms with Crippen LogP contribution in [0.4, 0.5) is 52.5 Å². The zero-order valence-corrected chi connectivity index (χ0v) is 26.8. The van der Waals surface area contributed by atoms with Crippen LogP contribution in [0.5, 0.6) is 11.5 Å². The van der Waals surface area contributed by atoms with Crippen molar-refractivity contribution in [2.24, 2.45) is 0 Å². The Hall–Kier alpha value is -5.05. The fourth-order valence-electron chi connectivity index (χ4n) is 5.28. The minimum Gasteiger partial charge on any atom is -0.494 e. The molecule has 0 aliphatic carbocycles. The molecule has 0 unspecified atom stereocenters. The Bertz CT molecular complexity index is 1680. The summed E-state index contributed by atoms with van der Waals surface area (Å²) in [5, 5.41) is 5.94. The van der Waals surface area contributed by atoms with Gasteiger partial charge in [-0.15, -0.1) is 0 Å². The number of amides is 3. The number of nitrogens with zero attached hydrogens (tertiary/aromatic N) is 6. The van der Waals surface area contributed by atoms with Gasteiger partial charge in [0.05, 0.1) is 43.0 Å². The summed E-state index contributed by atoms with van der Waals surface area (Å²) in [6.45, 7) is 6.03. The first-order valence-corrected chi connectivity index (χ1v) is 14.9. The number of hydrogen-bond acceptors (Lipinski definition) is 9. The summed E-state index contributed by atoms with van der Waals surface area (Å²) in [7, 11) is 7.31. The van der Waals surface area contributed by atoms with Crippen LogP contribution in [-0.4, -0.2) is 91.9 Å². The average Bonchev–Trinajstić information content (AvgIpc) is 3.50. The zero-order chi connectivity index (χ0) is 34.0. The van der Waals surface area contributed by atoms with E-state index in [1.807, 2.05) is 30.9 Å². The molecule has 0 bridgehead atoms. The molecule has 0 fully saturated rings. The molecule has 0 radical (unpaired) electrons. The van der Waals surface area contributed by atoms with E-state index >= 15 is 0 Å². The van der Waals surface area contributed by atoms with Crippen LogP contribution >= 0.6 is 0 Å². The molecule has 2 aliphatic heterocycles. The molecule has 0 saturated carbocycles. The number of halogens is 3. The van der Waals surface area contributed by atoms with Crippen molar-refractivity contribution in [1.82, 2.24) is 19.8 Å². The lowest BCUT2D eigenvalue weighted by Gasteiger charge is -2.39. The van der Waals surface area contributed by atoms with Crippen molar-refractivity contribution in [2.75, 3.05) is 68.4 Å². The van der Waals surface area contributed by atoms with Gasteiger partial charge in [0.25, 0.3) is 0 Å². The number of carbonyl (C=O) groups is 2. The van der Waals surface area contributed by atoms with E-state index in [0.29, 0.717) is 59.4 Å². The highest BCUT2D eigenvalue weighted by Gasteiger charge is 2.46. The minimum absolute atomic E-state index is 0.0522. The molecule has 1 aromatic heterocycles. The predicted octanol–water partition coefficient (Wildman–Crippen LogP) is 5.31. The maximum Gasteiger partial charge on any atom is 0.408 e. The van der Waals surface area contributed by atoms with Gasteiger partial charge in [0.15, 0.2) is 5.82 Å². The van der Waals surface area contributed by atoms with E-state index in [0.717, 1.165) is 30.0 Å². The van der Waals surface area contributed by atoms with Gasteiger partial charge in [0.2, 0.25) is 11.9 Å². The van der Waals surface area contributed by atoms with Crippen LogP contribution in [-0.2, 0) is 17.8 Å². The highest BCUT2D eigenvalue weighted by atomic mass is 19.4. The van der Waals surface area contributed by atoms with Crippen LogP contribution in [0.2, 0.25) is 0 Å². The first-order chi connectivity index (χ1) is 22.3. The topological polar surface area (TPSA) is 115 Å². The quantitative estimate of drug-likeness (QED) is 0.266. The molecular formula is C32H37F3N8O4. The largest absolute Gasteiger partial charge is 0.494 e. The Morgan fingerprint density at radius 2 is 1.94 bits per heavy atom. The van der Waals surface area contributed by atoms with Crippen molar-refractivity contribution in [2.45, 2.75) is 32.1 Å². The van der Waals surface area contributed by atoms with E-state index in [4.69, 9.17) is 9.47 Å². The lowest BCUT2D eigenvalue weighted by Crippen LogP contribution is -2.53. The van der Waals surface area contributed by atoms with Crippen LogP contribution < -0.4 is 29.9 Å². The van der Waals surface area contributed by atoms with Gasteiger partial charge in [0.1, 0.15) is 17.5 Å². The summed E-state index contributed by atoms with van der Waals surface area (Å²) in [6.07, 6.45) is -1.49. The SMILES string of the molecule is C=CC(=O)Nc1cc(Nc2ncc3c(n2)N(c2ccc4c(c2)CCO4)C(=O)N([C@@H](C)C(F)(F)F)C3)c(OC)cc1N(C)CCN(C)C. The van der Waals surface area contributed by atoms with Gasteiger partial charge in [-0.2, -0.15) is 18.2 Å².